The number of aliphatic hydroxyl groups excluding tert-OH is 1. The molecule has 0 saturated heterocycles. The van der Waals surface area contributed by atoms with Crippen LogP contribution in [0.5, 0.6) is 0 Å². The number of hydrogen-bond donors (Lipinski definition) is 3. The molecular weight excluding hydrogens is 258 g/mol. The smallest absolute Gasteiger partial charge is 0.320 e. The van der Waals surface area contributed by atoms with Gasteiger partial charge in [0.15, 0.2) is 5.82 Å². The van der Waals surface area contributed by atoms with Gasteiger partial charge in [0.2, 0.25) is 0 Å². The maximum atomic E-state index is 11.7. The third kappa shape index (κ3) is 5.61. The molecule has 0 bridgehead atoms. The van der Waals surface area contributed by atoms with Gasteiger partial charge in [-0.05, 0) is 19.3 Å². The van der Waals surface area contributed by atoms with Crippen LogP contribution < -0.4 is 10.6 Å². The van der Waals surface area contributed by atoms with Crippen LogP contribution in [0.1, 0.15) is 46.8 Å². The second-order valence-electron chi connectivity index (χ2n) is 6.35. The Labute approximate surface area is 119 Å². The second kappa shape index (κ2) is 6.74. The Bertz CT molecular complexity index is 435. The van der Waals surface area contributed by atoms with Gasteiger partial charge in [-0.1, -0.05) is 32.9 Å². The molecule has 1 aromatic rings. The van der Waals surface area contributed by atoms with E-state index in [9.17, 15) is 9.90 Å². The summed E-state index contributed by atoms with van der Waals surface area (Å²) in [6.07, 6.45) is 0.290. The highest BCUT2D eigenvalue weighted by atomic mass is 16.5. The van der Waals surface area contributed by atoms with Crippen molar-refractivity contribution in [3.05, 3.63) is 11.8 Å². The minimum absolute atomic E-state index is 0.144. The van der Waals surface area contributed by atoms with E-state index in [1.165, 1.54) is 0 Å². The van der Waals surface area contributed by atoms with Crippen molar-refractivity contribution in [3.8, 4) is 0 Å². The van der Waals surface area contributed by atoms with E-state index in [1.807, 2.05) is 27.7 Å². The third-order valence-corrected chi connectivity index (χ3v) is 2.85. The number of aliphatic hydroxyl groups is 1. The summed E-state index contributed by atoms with van der Waals surface area (Å²) in [4.78, 5) is 11.7. The average Bonchev–Trinajstić information content (AvgIpc) is 2.73. The van der Waals surface area contributed by atoms with Crippen molar-refractivity contribution in [3.63, 3.8) is 0 Å². The number of anilines is 1. The molecule has 114 valence electrons. The van der Waals surface area contributed by atoms with Crippen LogP contribution >= 0.6 is 0 Å². The fourth-order valence-corrected chi connectivity index (χ4v) is 1.78. The van der Waals surface area contributed by atoms with E-state index in [-0.39, 0.29) is 23.5 Å². The summed E-state index contributed by atoms with van der Waals surface area (Å²) in [7, 11) is 0. The monoisotopic (exact) mass is 283 g/mol. The van der Waals surface area contributed by atoms with Gasteiger partial charge in [-0.2, -0.15) is 0 Å². The Balaban J connectivity index is 2.41. The topological polar surface area (TPSA) is 87.4 Å². The van der Waals surface area contributed by atoms with Crippen molar-refractivity contribution < 1.29 is 14.4 Å². The number of amides is 2. The number of rotatable bonds is 5. The van der Waals surface area contributed by atoms with Crippen molar-refractivity contribution in [2.75, 3.05) is 11.9 Å². The molecule has 0 aromatic carbocycles. The molecule has 0 aliphatic heterocycles. The van der Waals surface area contributed by atoms with Crippen LogP contribution in [0, 0.1) is 5.92 Å². The van der Waals surface area contributed by atoms with Crippen LogP contribution in [0.25, 0.3) is 0 Å². The van der Waals surface area contributed by atoms with Gasteiger partial charge in [0, 0.05) is 18.0 Å². The van der Waals surface area contributed by atoms with Crippen molar-refractivity contribution in [1.82, 2.24) is 10.5 Å². The van der Waals surface area contributed by atoms with Gasteiger partial charge in [-0.25, -0.2) is 4.79 Å². The van der Waals surface area contributed by atoms with Crippen LogP contribution in [0.15, 0.2) is 10.6 Å². The molecular formula is C14H25N3O3. The Morgan fingerprint density at radius 2 is 2.10 bits per heavy atom. The van der Waals surface area contributed by atoms with Crippen LogP contribution in [0.4, 0.5) is 10.6 Å². The maximum absolute atomic E-state index is 11.7. The van der Waals surface area contributed by atoms with Crippen molar-refractivity contribution in [2.45, 2.75) is 52.6 Å². The van der Waals surface area contributed by atoms with Gasteiger partial charge >= 0.3 is 6.03 Å². The summed E-state index contributed by atoms with van der Waals surface area (Å²) < 4.78 is 5.18. The molecule has 3 N–H and O–H groups in total. The number of nitrogens with one attached hydrogen (secondary N) is 2. The Kier molecular flexibility index (Phi) is 5.56. The molecule has 2 amide bonds. The van der Waals surface area contributed by atoms with E-state index in [1.54, 1.807) is 13.0 Å². The summed E-state index contributed by atoms with van der Waals surface area (Å²) >= 11 is 0. The van der Waals surface area contributed by atoms with Crippen LogP contribution in [0.2, 0.25) is 0 Å². The summed E-state index contributed by atoms with van der Waals surface area (Å²) in [5, 5.41) is 18.4. The number of aromatic nitrogens is 1. The Morgan fingerprint density at radius 1 is 1.45 bits per heavy atom. The van der Waals surface area contributed by atoms with Gasteiger partial charge in [0.1, 0.15) is 5.76 Å². The third-order valence-electron chi connectivity index (χ3n) is 2.85. The zero-order valence-corrected chi connectivity index (χ0v) is 12.9. The number of nitrogens with zero attached hydrogens (tertiary/aromatic N) is 1. The van der Waals surface area contributed by atoms with E-state index in [0.717, 1.165) is 5.76 Å². The standard InChI is InChI=1S/C14H25N3O3/c1-9(6-10(2)18)8-15-13(19)16-12-7-11(20-17-12)14(3,4)5/h7,9-10,18H,6,8H2,1-5H3,(H2,15,16,17,19). The van der Waals surface area contributed by atoms with Crippen molar-refractivity contribution in [2.24, 2.45) is 5.92 Å². The van der Waals surface area contributed by atoms with Crippen LogP contribution in [-0.2, 0) is 5.41 Å². The summed E-state index contributed by atoms with van der Waals surface area (Å²) in [6.45, 7) is 10.2. The highest BCUT2D eigenvalue weighted by Crippen LogP contribution is 2.24. The first-order chi connectivity index (χ1) is 9.18. The largest absolute Gasteiger partial charge is 0.393 e. The SMILES string of the molecule is CC(O)CC(C)CNC(=O)Nc1cc(C(C)(C)C)on1. The lowest BCUT2D eigenvalue weighted by molar-refractivity contribution is 0.163. The number of carbonyl (C=O) groups excluding carboxylic acids is 1. The van der Waals surface area contributed by atoms with E-state index >= 15 is 0 Å². The fraction of sp³-hybridized carbons (Fsp3) is 0.714. The maximum Gasteiger partial charge on any atom is 0.320 e. The lowest BCUT2D eigenvalue weighted by atomic mass is 9.93. The quantitative estimate of drug-likeness (QED) is 0.774. The first-order valence-corrected chi connectivity index (χ1v) is 6.88. The molecule has 20 heavy (non-hydrogen) atoms. The molecule has 2 unspecified atom stereocenters. The van der Waals surface area contributed by atoms with Crippen LogP contribution in [-0.4, -0.2) is 28.9 Å². The van der Waals surface area contributed by atoms with E-state index in [4.69, 9.17) is 4.52 Å². The lowest BCUT2D eigenvalue weighted by Crippen LogP contribution is -2.33. The van der Waals surface area contributed by atoms with E-state index in [2.05, 4.69) is 15.8 Å². The van der Waals surface area contributed by atoms with E-state index in [0.29, 0.717) is 18.8 Å². The van der Waals surface area contributed by atoms with Gasteiger partial charge < -0.3 is 14.9 Å². The molecule has 2 atom stereocenters. The minimum Gasteiger partial charge on any atom is -0.393 e. The lowest BCUT2D eigenvalue weighted by Gasteiger charge is -2.14. The molecule has 1 aromatic heterocycles. The summed E-state index contributed by atoms with van der Waals surface area (Å²) in [5.74, 6) is 1.33. The van der Waals surface area contributed by atoms with Gasteiger partial charge in [0.05, 0.1) is 6.10 Å². The predicted molar refractivity (Wildman–Crippen MR) is 77.7 cm³/mol. The molecule has 1 heterocycles. The van der Waals surface area contributed by atoms with Gasteiger partial charge in [-0.3, -0.25) is 5.32 Å². The first-order valence-electron chi connectivity index (χ1n) is 6.88. The normalized spacial score (nSPS) is 14.7. The second-order valence-corrected chi connectivity index (χ2v) is 6.35. The Hall–Kier alpha value is -1.56. The summed E-state index contributed by atoms with van der Waals surface area (Å²) in [5.41, 5.74) is -0.144. The Morgan fingerprint density at radius 3 is 2.60 bits per heavy atom. The van der Waals surface area contributed by atoms with Crippen LogP contribution in [0.3, 0.4) is 0 Å². The minimum atomic E-state index is -0.361. The molecule has 6 heteroatoms. The van der Waals surface area contributed by atoms with Crippen molar-refractivity contribution >= 4 is 11.8 Å². The molecule has 1 rings (SSSR count). The van der Waals surface area contributed by atoms with Crippen molar-refractivity contribution in [1.29, 1.82) is 0 Å². The van der Waals surface area contributed by atoms with E-state index < -0.39 is 0 Å². The molecule has 6 nitrogen and oxygen atoms in total. The highest BCUT2D eigenvalue weighted by molar-refractivity contribution is 5.88. The number of hydrogen-bond acceptors (Lipinski definition) is 4. The predicted octanol–water partition coefficient (Wildman–Crippen LogP) is 2.50. The van der Waals surface area contributed by atoms with Gasteiger partial charge in [0.25, 0.3) is 0 Å². The van der Waals surface area contributed by atoms with Gasteiger partial charge in [-0.15, -0.1) is 0 Å². The number of urea groups is 1. The zero-order valence-electron chi connectivity index (χ0n) is 12.9. The first kappa shape index (κ1) is 16.5. The fourth-order valence-electron chi connectivity index (χ4n) is 1.78. The average molecular weight is 283 g/mol. The number of carbonyl (C=O) groups is 1. The molecule has 0 fully saturated rings. The molecule has 0 saturated carbocycles. The zero-order chi connectivity index (χ0) is 15.3. The highest BCUT2D eigenvalue weighted by Gasteiger charge is 2.20. The molecule has 0 spiro atoms. The summed E-state index contributed by atoms with van der Waals surface area (Å²) in [6, 6.07) is 1.40. The molecule has 0 radical (unpaired) electrons. The molecule has 0 aliphatic rings. The molecule has 0 aliphatic carbocycles.